The number of aromatic nitrogens is 2. The molecule has 0 amide bonds. The van der Waals surface area contributed by atoms with Gasteiger partial charge in [-0.3, -0.25) is 4.98 Å². The standard InChI is InChI=1S/C33H37N5O2S/c1-22(2)40-28-14-12-27(13-15-28)38-32(31(35-33(38)41)30-7-5-6-16-34-30)29-21-23(3)37(24(29)4)26-10-8-25(9-11-26)36-17-19-39-20-18-36/h5-16,21-22,31-32H,17-20H2,1-4H3,(H,35,41)/t31-,32+/m0/s1. The summed E-state index contributed by atoms with van der Waals surface area (Å²) in [5.74, 6) is 0.846. The highest BCUT2D eigenvalue weighted by Gasteiger charge is 2.42. The van der Waals surface area contributed by atoms with Crippen LogP contribution < -0.4 is 19.9 Å². The van der Waals surface area contributed by atoms with Crippen molar-refractivity contribution in [3.05, 3.63) is 102 Å². The summed E-state index contributed by atoms with van der Waals surface area (Å²) in [6, 6.07) is 25.2. The predicted octanol–water partition coefficient (Wildman–Crippen LogP) is 6.29. The van der Waals surface area contributed by atoms with Crippen molar-refractivity contribution in [2.24, 2.45) is 0 Å². The lowest BCUT2D eigenvalue weighted by molar-refractivity contribution is 0.122. The highest BCUT2D eigenvalue weighted by molar-refractivity contribution is 7.80. The van der Waals surface area contributed by atoms with E-state index in [-0.39, 0.29) is 18.2 Å². The number of ether oxygens (including phenoxy) is 2. The van der Waals surface area contributed by atoms with E-state index in [1.165, 1.54) is 22.6 Å². The molecule has 2 atom stereocenters. The molecule has 41 heavy (non-hydrogen) atoms. The number of benzene rings is 2. The van der Waals surface area contributed by atoms with Crippen LogP contribution in [0.2, 0.25) is 0 Å². The van der Waals surface area contributed by atoms with Gasteiger partial charge in [0.1, 0.15) is 5.75 Å². The van der Waals surface area contributed by atoms with Gasteiger partial charge in [0.2, 0.25) is 0 Å². The highest BCUT2D eigenvalue weighted by Crippen LogP contribution is 2.44. The molecule has 8 heteroatoms. The van der Waals surface area contributed by atoms with E-state index in [1.807, 2.05) is 44.3 Å². The summed E-state index contributed by atoms with van der Waals surface area (Å²) in [7, 11) is 0. The van der Waals surface area contributed by atoms with Crippen LogP contribution in [0.25, 0.3) is 5.69 Å². The Morgan fingerprint density at radius 2 is 1.61 bits per heavy atom. The third-order valence-electron chi connectivity index (χ3n) is 7.86. The summed E-state index contributed by atoms with van der Waals surface area (Å²) in [6.07, 6.45) is 1.96. The van der Waals surface area contributed by atoms with Crippen molar-refractivity contribution in [3.63, 3.8) is 0 Å². The van der Waals surface area contributed by atoms with Crippen LogP contribution in [0.15, 0.2) is 79.0 Å². The molecule has 0 saturated carbocycles. The molecule has 6 rings (SSSR count). The van der Waals surface area contributed by atoms with Crippen LogP contribution in [0, 0.1) is 13.8 Å². The summed E-state index contributed by atoms with van der Waals surface area (Å²) in [5.41, 5.74) is 7.93. The molecule has 4 aromatic rings. The first-order valence-corrected chi connectivity index (χ1v) is 14.7. The third kappa shape index (κ3) is 5.42. The Bertz CT molecular complexity index is 1500. The van der Waals surface area contributed by atoms with E-state index in [9.17, 15) is 0 Å². The van der Waals surface area contributed by atoms with Gasteiger partial charge < -0.3 is 29.2 Å². The Morgan fingerprint density at radius 1 is 0.927 bits per heavy atom. The summed E-state index contributed by atoms with van der Waals surface area (Å²) < 4.78 is 13.8. The molecular weight excluding hydrogens is 530 g/mol. The third-order valence-corrected chi connectivity index (χ3v) is 8.17. The number of nitrogens with one attached hydrogen (secondary N) is 1. The second kappa shape index (κ2) is 11.5. The fraction of sp³-hybridized carbons (Fsp3) is 0.333. The number of nitrogens with zero attached hydrogens (tertiary/aromatic N) is 4. The zero-order valence-electron chi connectivity index (χ0n) is 24.1. The number of thiocarbonyl (C=S) groups is 1. The molecular formula is C33H37N5O2S. The molecule has 0 spiro atoms. The summed E-state index contributed by atoms with van der Waals surface area (Å²) in [4.78, 5) is 9.33. The number of anilines is 2. The van der Waals surface area contributed by atoms with Crippen LogP contribution >= 0.6 is 12.2 Å². The number of hydrogen-bond donors (Lipinski definition) is 1. The van der Waals surface area contributed by atoms with Gasteiger partial charge in [-0.05, 0) is 112 Å². The van der Waals surface area contributed by atoms with Crippen molar-refractivity contribution in [1.82, 2.24) is 14.9 Å². The van der Waals surface area contributed by atoms with E-state index in [0.29, 0.717) is 5.11 Å². The van der Waals surface area contributed by atoms with E-state index in [2.05, 4.69) is 82.1 Å². The van der Waals surface area contributed by atoms with Crippen LogP contribution in [0.4, 0.5) is 11.4 Å². The smallest absolute Gasteiger partial charge is 0.174 e. The van der Waals surface area contributed by atoms with E-state index >= 15 is 0 Å². The Morgan fingerprint density at radius 3 is 2.27 bits per heavy atom. The van der Waals surface area contributed by atoms with Gasteiger partial charge in [0.15, 0.2) is 5.11 Å². The monoisotopic (exact) mass is 567 g/mol. The van der Waals surface area contributed by atoms with Crippen LogP contribution in [-0.4, -0.2) is 47.1 Å². The summed E-state index contributed by atoms with van der Waals surface area (Å²) in [6.45, 7) is 11.8. The van der Waals surface area contributed by atoms with Gasteiger partial charge >= 0.3 is 0 Å². The van der Waals surface area contributed by atoms with Crippen molar-refractivity contribution in [2.45, 2.75) is 45.9 Å². The molecule has 2 aromatic heterocycles. The molecule has 0 unspecified atom stereocenters. The highest BCUT2D eigenvalue weighted by atomic mass is 32.1. The Kier molecular flexibility index (Phi) is 7.69. The normalized spacial score (nSPS) is 19.1. The molecule has 0 bridgehead atoms. The number of pyridine rings is 1. The largest absolute Gasteiger partial charge is 0.491 e. The average Bonchev–Trinajstić information content (AvgIpc) is 3.48. The quantitative estimate of drug-likeness (QED) is 0.264. The molecule has 2 aromatic carbocycles. The molecule has 4 heterocycles. The SMILES string of the molecule is Cc1cc([C@@H]2[C@H](c3ccccn3)NC(=S)N2c2ccc(OC(C)C)cc2)c(C)n1-c1ccc(N2CCOCC2)cc1. The predicted molar refractivity (Wildman–Crippen MR) is 168 cm³/mol. The number of aryl methyl sites for hydroxylation is 1. The first-order chi connectivity index (χ1) is 19.9. The number of morpholine rings is 1. The molecule has 2 aliphatic heterocycles. The molecule has 2 fully saturated rings. The van der Waals surface area contributed by atoms with Crippen molar-refractivity contribution >= 4 is 28.7 Å². The minimum atomic E-state index is -0.104. The fourth-order valence-electron chi connectivity index (χ4n) is 6.02. The zero-order valence-corrected chi connectivity index (χ0v) is 24.9. The van der Waals surface area contributed by atoms with Crippen molar-refractivity contribution in [2.75, 3.05) is 36.1 Å². The minimum Gasteiger partial charge on any atom is -0.491 e. The van der Waals surface area contributed by atoms with Gasteiger partial charge in [-0.25, -0.2) is 0 Å². The molecule has 1 N–H and O–H groups in total. The maximum atomic E-state index is 5.97. The first-order valence-electron chi connectivity index (χ1n) is 14.3. The van der Waals surface area contributed by atoms with Crippen LogP contribution in [-0.2, 0) is 4.74 Å². The lowest BCUT2D eigenvalue weighted by Crippen LogP contribution is -2.36. The lowest BCUT2D eigenvalue weighted by Gasteiger charge is -2.29. The average molecular weight is 568 g/mol. The molecule has 0 aliphatic carbocycles. The fourth-order valence-corrected chi connectivity index (χ4v) is 6.37. The number of rotatable bonds is 7. The van der Waals surface area contributed by atoms with E-state index < -0.39 is 0 Å². The molecule has 212 valence electrons. The number of hydrogen-bond acceptors (Lipinski definition) is 5. The topological polar surface area (TPSA) is 54.8 Å². The Labute approximate surface area is 247 Å². The van der Waals surface area contributed by atoms with Crippen LogP contribution in [0.1, 0.15) is 48.6 Å². The Hall–Kier alpha value is -3.88. The molecule has 0 radical (unpaired) electrons. The van der Waals surface area contributed by atoms with Crippen molar-refractivity contribution < 1.29 is 9.47 Å². The van der Waals surface area contributed by atoms with Gasteiger partial charge in [-0.2, -0.15) is 0 Å². The second-order valence-corrected chi connectivity index (χ2v) is 11.3. The maximum absolute atomic E-state index is 5.97. The molecule has 2 saturated heterocycles. The van der Waals surface area contributed by atoms with Gasteiger partial charge in [0.25, 0.3) is 0 Å². The summed E-state index contributed by atoms with van der Waals surface area (Å²) in [5, 5.41) is 4.28. The van der Waals surface area contributed by atoms with E-state index in [4.69, 9.17) is 26.7 Å². The molecule has 7 nitrogen and oxygen atoms in total. The lowest BCUT2D eigenvalue weighted by atomic mass is 9.96. The molecule has 2 aliphatic rings. The maximum Gasteiger partial charge on any atom is 0.174 e. The van der Waals surface area contributed by atoms with Crippen molar-refractivity contribution in [1.29, 1.82) is 0 Å². The van der Waals surface area contributed by atoms with Crippen LogP contribution in [0.5, 0.6) is 5.75 Å². The zero-order chi connectivity index (χ0) is 28.5. The van der Waals surface area contributed by atoms with E-state index in [0.717, 1.165) is 49.1 Å². The van der Waals surface area contributed by atoms with Gasteiger partial charge in [0, 0.05) is 47.7 Å². The van der Waals surface area contributed by atoms with Crippen molar-refractivity contribution in [3.8, 4) is 11.4 Å². The Balaban J connectivity index is 1.39. The first kappa shape index (κ1) is 27.3. The second-order valence-electron chi connectivity index (χ2n) is 10.9. The van der Waals surface area contributed by atoms with Gasteiger partial charge in [0.05, 0.1) is 37.1 Å². The van der Waals surface area contributed by atoms with Crippen LogP contribution in [0.3, 0.4) is 0 Å². The van der Waals surface area contributed by atoms with Gasteiger partial charge in [-0.15, -0.1) is 0 Å². The minimum absolute atomic E-state index is 0.0816. The van der Waals surface area contributed by atoms with Gasteiger partial charge in [-0.1, -0.05) is 6.07 Å². The van der Waals surface area contributed by atoms with E-state index in [1.54, 1.807) is 0 Å². The summed E-state index contributed by atoms with van der Waals surface area (Å²) >= 11 is 5.97.